The van der Waals surface area contributed by atoms with Crippen LogP contribution in [0.4, 0.5) is 0 Å². The predicted octanol–water partition coefficient (Wildman–Crippen LogP) is 4.71. The van der Waals surface area contributed by atoms with Gasteiger partial charge in [-0.25, -0.2) is 5.43 Å². The number of hydrogen-bond donors (Lipinski definition) is 1. The van der Waals surface area contributed by atoms with Gasteiger partial charge in [-0.3, -0.25) is 9.78 Å². The number of amides is 1. The molecule has 1 amide bonds. The number of fused-ring (bicyclic) bond motifs is 1. The van der Waals surface area contributed by atoms with Crippen molar-refractivity contribution in [2.24, 2.45) is 5.10 Å². The quantitative estimate of drug-likeness (QED) is 0.502. The van der Waals surface area contributed by atoms with Crippen molar-refractivity contribution in [1.29, 1.82) is 0 Å². The summed E-state index contributed by atoms with van der Waals surface area (Å²) in [5.74, 6) is -0.237. The summed E-state index contributed by atoms with van der Waals surface area (Å²) in [5.41, 5.74) is 5.86. The average molecular weight is 396 g/mol. The summed E-state index contributed by atoms with van der Waals surface area (Å²) >= 11 is 3.46. The van der Waals surface area contributed by atoms with E-state index >= 15 is 0 Å². The number of pyridine rings is 1. The minimum absolute atomic E-state index is 0.237. The molecule has 0 radical (unpaired) electrons. The number of hydrogen-bond acceptors (Lipinski definition) is 3. The van der Waals surface area contributed by atoms with Crippen molar-refractivity contribution in [1.82, 2.24) is 10.4 Å². The maximum atomic E-state index is 12.6. The Morgan fingerprint density at radius 2 is 1.96 bits per heavy atom. The third kappa shape index (κ3) is 4.12. The van der Waals surface area contributed by atoms with E-state index in [-0.39, 0.29) is 5.91 Å². The third-order valence-corrected chi connectivity index (χ3v) is 4.52. The van der Waals surface area contributed by atoms with Crippen molar-refractivity contribution in [2.75, 3.05) is 0 Å². The van der Waals surface area contributed by atoms with E-state index in [1.165, 1.54) is 0 Å². The fourth-order valence-corrected chi connectivity index (χ4v) is 2.99. The van der Waals surface area contributed by atoms with Crippen LogP contribution >= 0.6 is 15.9 Å². The fourth-order valence-electron chi connectivity index (χ4n) is 2.60. The first-order valence-corrected chi connectivity index (χ1v) is 8.95. The molecule has 0 aliphatic rings. The van der Waals surface area contributed by atoms with Gasteiger partial charge in [0.2, 0.25) is 0 Å². The number of carbonyl (C=O) groups excluding carboxylic acids is 1. The molecule has 0 spiro atoms. The standard InChI is InChI=1S/C20H18BrN3O/c1-2-7-15-12-17(16-9-4-6-11-19(16)23-15)20(25)24-22-13-14-8-3-5-10-18(14)21/h3-6,8-13H,2,7H2,1H3,(H,24,25)/b22-13+. The molecular formula is C20H18BrN3O. The molecule has 25 heavy (non-hydrogen) atoms. The van der Waals surface area contributed by atoms with Gasteiger partial charge in [-0.15, -0.1) is 0 Å². The van der Waals surface area contributed by atoms with Crippen LogP contribution in [-0.4, -0.2) is 17.1 Å². The Morgan fingerprint density at radius 1 is 1.20 bits per heavy atom. The lowest BCUT2D eigenvalue weighted by molar-refractivity contribution is 0.0956. The maximum absolute atomic E-state index is 12.6. The minimum atomic E-state index is -0.237. The number of aryl methyl sites for hydroxylation is 1. The van der Waals surface area contributed by atoms with Gasteiger partial charge < -0.3 is 0 Å². The summed E-state index contributed by atoms with van der Waals surface area (Å²) in [6, 6.07) is 17.2. The zero-order valence-electron chi connectivity index (χ0n) is 13.9. The highest BCUT2D eigenvalue weighted by atomic mass is 79.9. The number of rotatable bonds is 5. The second-order valence-corrected chi connectivity index (χ2v) is 6.50. The monoisotopic (exact) mass is 395 g/mol. The second kappa shape index (κ2) is 8.03. The summed E-state index contributed by atoms with van der Waals surface area (Å²) in [6.45, 7) is 2.10. The molecule has 1 N–H and O–H groups in total. The third-order valence-electron chi connectivity index (χ3n) is 3.79. The Balaban J connectivity index is 1.87. The molecule has 3 aromatic rings. The van der Waals surface area contributed by atoms with Crippen molar-refractivity contribution < 1.29 is 4.79 Å². The SMILES string of the molecule is CCCc1cc(C(=O)N/N=C/c2ccccc2Br)c2ccccc2n1. The molecule has 0 bridgehead atoms. The van der Waals surface area contributed by atoms with Gasteiger partial charge in [-0.1, -0.05) is 65.7 Å². The lowest BCUT2D eigenvalue weighted by Gasteiger charge is -2.08. The van der Waals surface area contributed by atoms with E-state index in [1.54, 1.807) is 6.21 Å². The number of carbonyl (C=O) groups is 1. The number of aromatic nitrogens is 1. The highest BCUT2D eigenvalue weighted by molar-refractivity contribution is 9.10. The van der Waals surface area contributed by atoms with Crippen LogP contribution in [0.1, 0.15) is 35.0 Å². The molecule has 0 aliphatic heterocycles. The van der Waals surface area contributed by atoms with Crippen LogP contribution in [0.3, 0.4) is 0 Å². The van der Waals surface area contributed by atoms with Crippen LogP contribution in [0.25, 0.3) is 10.9 Å². The van der Waals surface area contributed by atoms with Gasteiger partial charge in [0.25, 0.3) is 5.91 Å². The number of para-hydroxylation sites is 1. The Morgan fingerprint density at radius 3 is 2.76 bits per heavy atom. The number of halogens is 1. The zero-order valence-corrected chi connectivity index (χ0v) is 15.5. The highest BCUT2D eigenvalue weighted by Gasteiger charge is 2.12. The molecule has 4 nitrogen and oxygen atoms in total. The summed E-state index contributed by atoms with van der Waals surface area (Å²) in [4.78, 5) is 17.2. The van der Waals surface area contributed by atoms with Crippen LogP contribution in [0, 0.1) is 0 Å². The molecule has 0 saturated carbocycles. The van der Waals surface area contributed by atoms with Gasteiger partial charge in [-0.05, 0) is 24.6 Å². The first-order valence-electron chi connectivity index (χ1n) is 8.15. The normalized spacial score (nSPS) is 11.1. The first kappa shape index (κ1) is 17.3. The number of nitrogens with one attached hydrogen (secondary N) is 1. The number of benzene rings is 2. The molecule has 3 rings (SSSR count). The smallest absolute Gasteiger partial charge is 0.267 e. The van der Waals surface area contributed by atoms with Crippen molar-refractivity contribution in [2.45, 2.75) is 19.8 Å². The van der Waals surface area contributed by atoms with Crippen molar-refractivity contribution in [3.05, 3.63) is 75.9 Å². The molecule has 0 atom stereocenters. The molecule has 0 unspecified atom stereocenters. The molecule has 5 heteroatoms. The van der Waals surface area contributed by atoms with Gasteiger partial charge in [0, 0.05) is 21.1 Å². The van der Waals surface area contributed by atoms with Crippen LogP contribution in [0.2, 0.25) is 0 Å². The molecule has 0 aliphatic carbocycles. The summed E-state index contributed by atoms with van der Waals surface area (Å²) < 4.78 is 0.924. The van der Waals surface area contributed by atoms with Crippen molar-refractivity contribution >= 4 is 39.0 Å². The maximum Gasteiger partial charge on any atom is 0.272 e. The Labute approximate surface area is 155 Å². The van der Waals surface area contributed by atoms with Gasteiger partial charge in [-0.2, -0.15) is 5.10 Å². The van der Waals surface area contributed by atoms with Crippen LogP contribution in [0.15, 0.2) is 64.2 Å². The molecule has 1 heterocycles. The van der Waals surface area contributed by atoms with Gasteiger partial charge >= 0.3 is 0 Å². The molecule has 1 aromatic heterocycles. The summed E-state index contributed by atoms with van der Waals surface area (Å²) in [6.07, 6.45) is 3.44. The van der Waals surface area contributed by atoms with E-state index in [0.29, 0.717) is 5.56 Å². The largest absolute Gasteiger partial charge is 0.272 e. The predicted molar refractivity (Wildman–Crippen MR) is 105 cm³/mol. The first-order chi connectivity index (χ1) is 12.2. The lowest BCUT2D eigenvalue weighted by Crippen LogP contribution is -2.18. The molecule has 2 aromatic carbocycles. The summed E-state index contributed by atoms with van der Waals surface area (Å²) in [7, 11) is 0. The second-order valence-electron chi connectivity index (χ2n) is 5.65. The lowest BCUT2D eigenvalue weighted by atomic mass is 10.1. The Bertz CT molecular complexity index is 937. The van der Waals surface area contributed by atoms with E-state index in [0.717, 1.165) is 39.5 Å². The molecule has 126 valence electrons. The molecule has 0 fully saturated rings. The number of nitrogens with zero attached hydrogens (tertiary/aromatic N) is 2. The number of hydrazone groups is 1. The van der Waals surface area contributed by atoms with Crippen LogP contribution in [0.5, 0.6) is 0 Å². The average Bonchev–Trinajstić information content (AvgIpc) is 2.63. The van der Waals surface area contributed by atoms with Gasteiger partial charge in [0.15, 0.2) is 0 Å². The zero-order chi connectivity index (χ0) is 17.6. The Hall–Kier alpha value is -2.53. The Kier molecular flexibility index (Phi) is 5.56. The van der Waals surface area contributed by atoms with E-state index in [4.69, 9.17) is 0 Å². The van der Waals surface area contributed by atoms with Crippen molar-refractivity contribution in [3.8, 4) is 0 Å². The molecular weight excluding hydrogens is 378 g/mol. The highest BCUT2D eigenvalue weighted by Crippen LogP contribution is 2.19. The fraction of sp³-hybridized carbons (Fsp3) is 0.150. The van der Waals surface area contributed by atoms with Crippen LogP contribution in [-0.2, 0) is 6.42 Å². The van der Waals surface area contributed by atoms with Crippen LogP contribution < -0.4 is 5.43 Å². The van der Waals surface area contributed by atoms with Gasteiger partial charge in [0.05, 0.1) is 17.3 Å². The topological polar surface area (TPSA) is 54.4 Å². The minimum Gasteiger partial charge on any atom is -0.267 e. The summed E-state index contributed by atoms with van der Waals surface area (Å²) in [5, 5.41) is 4.92. The molecule has 0 saturated heterocycles. The van der Waals surface area contributed by atoms with E-state index in [9.17, 15) is 4.79 Å². The van der Waals surface area contributed by atoms with Gasteiger partial charge in [0.1, 0.15) is 0 Å². The van der Waals surface area contributed by atoms with E-state index in [2.05, 4.69) is 38.4 Å². The van der Waals surface area contributed by atoms with Crippen molar-refractivity contribution in [3.63, 3.8) is 0 Å². The van der Waals surface area contributed by atoms with E-state index in [1.807, 2.05) is 54.6 Å². The van der Waals surface area contributed by atoms with E-state index < -0.39 is 0 Å².